The molecule has 0 spiro atoms. The second-order valence-electron chi connectivity index (χ2n) is 4.66. The lowest BCUT2D eigenvalue weighted by Gasteiger charge is -2.24. The van der Waals surface area contributed by atoms with Crippen molar-refractivity contribution in [2.45, 2.75) is 45.2 Å². The molecule has 0 aromatic rings. The number of carbonyl (C=O) groups is 1. The first-order valence-corrected chi connectivity index (χ1v) is 6.88. The van der Waals surface area contributed by atoms with Crippen molar-refractivity contribution in [1.82, 2.24) is 5.32 Å². The Labute approximate surface area is 96.6 Å². The Morgan fingerprint density at radius 1 is 1.60 bits per heavy atom. The number of nitrogens with two attached hydrogens (primary N) is 1. The molecule has 15 heavy (non-hydrogen) atoms. The van der Waals surface area contributed by atoms with Gasteiger partial charge in [0.05, 0.1) is 6.04 Å². The predicted octanol–water partition coefficient (Wildman–Crippen LogP) is 1.37. The van der Waals surface area contributed by atoms with Crippen molar-refractivity contribution in [1.29, 1.82) is 0 Å². The van der Waals surface area contributed by atoms with Crippen LogP contribution in [0.5, 0.6) is 0 Å². The fourth-order valence-electron chi connectivity index (χ4n) is 1.78. The molecule has 0 aromatic carbocycles. The molecule has 1 unspecified atom stereocenters. The van der Waals surface area contributed by atoms with E-state index >= 15 is 0 Å². The number of hydrogen-bond acceptors (Lipinski definition) is 3. The molecule has 4 heteroatoms. The zero-order chi connectivity index (χ0) is 11.3. The average Bonchev–Trinajstić information content (AvgIpc) is 2.18. The maximum absolute atomic E-state index is 11.7. The molecule has 1 heterocycles. The zero-order valence-corrected chi connectivity index (χ0v) is 10.5. The van der Waals surface area contributed by atoms with E-state index in [1.54, 1.807) is 0 Å². The van der Waals surface area contributed by atoms with Crippen LogP contribution in [0.1, 0.15) is 33.1 Å². The van der Waals surface area contributed by atoms with Crippen molar-refractivity contribution in [3.05, 3.63) is 0 Å². The molecule has 3 nitrogen and oxygen atoms in total. The molecular weight excluding hydrogens is 208 g/mol. The Morgan fingerprint density at radius 3 is 2.87 bits per heavy atom. The van der Waals surface area contributed by atoms with Gasteiger partial charge in [0, 0.05) is 11.8 Å². The maximum Gasteiger partial charge on any atom is 0.237 e. The molecule has 1 amide bonds. The summed E-state index contributed by atoms with van der Waals surface area (Å²) in [6, 6.07) is 0.00592. The van der Waals surface area contributed by atoms with Gasteiger partial charge in [0.15, 0.2) is 0 Å². The van der Waals surface area contributed by atoms with Gasteiger partial charge in [-0.1, -0.05) is 13.8 Å². The highest BCUT2D eigenvalue weighted by Crippen LogP contribution is 2.17. The van der Waals surface area contributed by atoms with Gasteiger partial charge in [0.1, 0.15) is 0 Å². The first kappa shape index (κ1) is 12.8. The summed E-state index contributed by atoms with van der Waals surface area (Å²) >= 11 is 1.92. The lowest BCUT2D eigenvalue weighted by molar-refractivity contribution is -0.123. The number of hydrogen-bond donors (Lipinski definition) is 2. The van der Waals surface area contributed by atoms with Crippen LogP contribution in [0.25, 0.3) is 0 Å². The molecule has 1 fully saturated rings. The molecule has 0 radical (unpaired) electrons. The minimum absolute atomic E-state index is 0.0243. The third kappa shape index (κ3) is 4.89. The number of amides is 1. The Hall–Kier alpha value is -0.220. The molecular formula is C11H22N2OS. The third-order valence-corrected chi connectivity index (χ3v) is 3.78. The van der Waals surface area contributed by atoms with E-state index < -0.39 is 0 Å². The van der Waals surface area contributed by atoms with Gasteiger partial charge >= 0.3 is 0 Å². The number of thioether (sulfide) groups is 1. The Balaban J connectivity index is 2.27. The molecule has 3 N–H and O–H groups in total. The van der Waals surface area contributed by atoms with Crippen LogP contribution < -0.4 is 11.1 Å². The van der Waals surface area contributed by atoms with Gasteiger partial charge in [-0.25, -0.2) is 0 Å². The van der Waals surface area contributed by atoms with Crippen LogP contribution in [-0.2, 0) is 4.79 Å². The van der Waals surface area contributed by atoms with Crippen LogP contribution in [0, 0.1) is 5.92 Å². The Bertz CT molecular complexity index is 203. The summed E-state index contributed by atoms with van der Waals surface area (Å²) in [5.74, 6) is 2.77. The molecule has 0 saturated carbocycles. The summed E-state index contributed by atoms with van der Waals surface area (Å²) < 4.78 is 0. The third-order valence-electron chi connectivity index (χ3n) is 2.57. The van der Waals surface area contributed by atoms with Crippen molar-refractivity contribution in [2.75, 3.05) is 11.5 Å². The van der Waals surface area contributed by atoms with Crippen molar-refractivity contribution < 1.29 is 4.79 Å². The Morgan fingerprint density at radius 2 is 2.33 bits per heavy atom. The molecule has 1 aliphatic heterocycles. The van der Waals surface area contributed by atoms with Crippen molar-refractivity contribution in [3.63, 3.8) is 0 Å². The van der Waals surface area contributed by atoms with Gasteiger partial charge in [-0.15, -0.1) is 0 Å². The average molecular weight is 230 g/mol. The SMILES string of the molecule is CC(C)C[C@@H](N)C(=O)NC1CCCSC1. The summed E-state index contributed by atoms with van der Waals surface area (Å²) in [5.41, 5.74) is 5.82. The zero-order valence-electron chi connectivity index (χ0n) is 9.66. The quantitative estimate of drug-likeness (QED) is 0.767. The maximum atomic E-state index is 11.7. The van der Waals surface area contributed by atoms with E-state index in [-0.39, 0.29) is 11.9 Å². The normalized spacial score (nSPS) is 23.9. The highest BCUT2D eigenvalue weighted by atomic mass is 32.2. The predicted molar refractivity (Wildman–Crippen MR) is 65.9 cm³/mol. The van der Waals surface area contributed by atoms with Crippen LogP contribution in [0.3, 0.4) is 0 Å². The van der Waals surface area contributed by atoms with E-state index in [9.17, 15) is 4.79 Å². The van der Waals surface area contributed by atoms with Gasteiger partial charge in [-0.3, -0.25) is 4.79 Å². The molecule has 88 valence electrons. The lowest BCUT2D eigenvalue weighted by atomic mass is 10.0. The Kier molecular flexibility index (Phi) is 5.47. The van der Waals surface area contributed by atoms with E-state index in [0.29, 0.717) is 12.0 Å². The molecule has 1 rings (SSSR count). The number of carbonyl (C=O) groups excluding carboxylic acids is 1. The van der Waals surface area contributed by atoms with E-state index in [2.05, 4.69) is 19.2 Å². The van der Waals surface area contributed by atoms with Crippen LogP contribution >= 0.6 is 11.8 Å². The minimum Gasteiger partial charge on any atom is -0.351 e. The molecule has 0 bridgehead atoms. The molecule has 0 aromatic heterocycles. The summed E-state index contributed by atoms with van der Waals surface area (Å²) in [6.07, 6.45) is 3.08. The number of nitrogens with one attached hydrogen (secondary N) is 1. The van der Waals surface area contributed by atoms with Crippen molar-refractivity contribution >= 4 is 17.7 Å². The van der Waals surface area contributed by atoms with Gasteiger partial charge in [0.2, 0.25) is 5.91 Å². The highest BCUT2D eigenvalue weighted by molar-refractivity contribution is 7.99. The number of rotatable bonds is 4. The van der Waals surface area contributed by atoms with Crippen LogP contribution in [-0.4, -0.2) is 29.5 Å². The molecule has 1 saturated heterocycles. The van der Waals surface area contributed by atoms with E-state index in [1.807, 2.05) is 11.8 Å². The molecule has 2 atom stereocenters. The smallest absolute Gasteiger partial charge is 0.237 e. The molecule has 1 aliphatic rings. The second-order valence-corrected chi connectivity index (χ2v) is 5.81. The standard InChI is InChI=1S/C11H22N2OS/c1-8(2)6-10(12)11(14)13-9-4-3-5-15-7-9/h8-10H,3-7,12H2,1-2H3,(H,13,14)/t9?,10-/m1/s1. The van der Waals surface area contributed by atoms with Gasteiger partial charge < -0.3 is 11.1 Å². The lowest BCUT2D eigenvalue weighted by Crippen LogP contribution is -2.47. The van der Waals surface area contributed by atoms with Crippen molar-refractivity contribution in [3.8, 4) is 0 Å². The van der Waals surface area contributed by atoms with Crippen LogP contribution in [0.2, 0.25) is 0 Å². The highest BCUT2D eigenvalue weighted by Gasteiger charge is 2.20. The topological polar surface area (TPSA) is 55.1 Å². The monoisotopic (exact) mass is 230 g/mol. The van der Waals surface area contributed by atoms with E-state index in [1.165, 1.54) is 12.2 Å². The van der Waals surface area contributed by atoms with Crippen molar-refractivity contribution in [2.24, 2.45) is 11.7 Å². The van der Waals surface area contributed by atoms with E-state index in [0.717, 1.165) is 18.6 Å². The van der Waals surface area contributed by atoms with Gasteiger partial charge in [-0.05, 0) is 30.9 Å². The van der Waals surface area contributed by atoms with Crippen LogP contribution in [0.15, 0.2) is 0 Å². The summed E-state index contributed by atoms with van der Waals surface area (Å²) in [7, 11) is 0. The van der Waals surface area contributed by atoms with Gasteiger partial charge in [0.25, 0.3) is 0 Å². The summed E-state index contributed by atoms with van der Waals surface area (Å²) in [5, 5.41) is 3.04. The summed E-state index contributed by atoms with van der Waals surface area (Å²) in [6.45, 7) is 4.17. The largest absolute Gasteiger partial charge is 0.351 e. The fraction of sp³-hybridized carbons (Fsp3) is 0.909. The fourth-order valence-corrected chi connectivity index (χ4v) is 2.85. The minimum atomic E-state index is -0.336. The second kappa shape index (κ2) is 6.38. The van der Waals surface area contributed by atoms with Gasteiger partial charge in [-0.2, -0.15) is 11.8 Å². The van der Waals surface area contributed by atoms with E-state index in [4.69, 9.17) is 5.73 Å². The first-order valence-electron chi connectivity index (χ1n) is 5.73. The molecule has 0 aliphatic carbocycles. The van der Waals surface area contributed by atoms with Crippen LogP contribution in [0.4, 0.5) is 0 Å². The summed E-state index contributed by atoms with van der Waals surface area (Å²) in [4.78, 5) is 11.7. The first-order chi connectivity index (χ1) is 7.09.